The number of aliphatic imine (C=N–C) groups is 1. The number of nitrogens with zero attached hydrogens (tertiary/aromatic N) is 2. The van der Waals surface area contributed by atoms with E-state index in [-0.39, 0.29) is 5.91 Å². The van der Waals surface area contributed by atoms with Crippen LogP contribution >= 0.6 is 11.3 Å². The summed E-state index contributed by atoms with van der Waals surface area (Å²) in [5, 5.41) is 10.4. The zero-order chi connectivity index (χ0) is 18.6. The van der Waals surface area contributed by atoms with Crippen molar-refractivity contribution in [2.45, 2.75) is 33.2 Å². The van der Waals surface area contributed by atoms with Crippen molar-refractivity contribution in [1.82, 2.24) is 20.9 Å². The molecule has 1 heterocycles. The van der Waals surface area contributed by atoms with Crippen LogP contribution in [0.4, 0.5) is 0 Å². The summed E-state index contributed by atoms with van der Waals surface area (Å²) in [6.07, 6.45) is 3.12. The molecule has 0 aliphatic rings. The SMILES string of the molecule is CCNC(=NCCc1ncc(C)s1)NCCC(=O)NCc1ccccc1. The second kappa shape index (κ2) is 11.3. The number of hydrogen-bond donors (Lipinski definition) is 3. The van der Waals surface area contributed by atoms with Crippen molar-refractivity contribution in [2.75, 3.05) is 19.6 Å². The highest BCUT2D eigenvalue weighted by Crippen LogP contribution is 2.11. The van der Waals surface area contributed by atoms with Gasteiger partial charge in [-0.25, -0.2) is 4.98 Å². The first-order valence-corrected chi connectivity index (χ1v) is 9.73. The Morgan fingerprint density at radius 2 is 2.00 bits per heavy atom. The van der Waals surface area contributed by atoms with Crippen LogP contribution in [0.1, 0.15) is 28.8 Å². The van der Waals surface area contributed by atoms with E-state index in [1.54, 1.807) is 11.3 Å². The summed E-state index contributed by atoms with van der Waals surface area (Å²) in [5.41, 5.74) is 1.10. The lowest BCUT2D eigenvalue weighted by molar-refractivity contribution is -0.121. The van der Waals surface area contributed by atoms with Crippen molar-refractivity contribution in [1.29, 1.82) is 0 Å². The first-order valence-electron chi connectivity index (χ1n) is 8.91. The van der Waals surface area contributed by atoms with Gasteiger partial charge in [-0.2, -0.15) is 0 Å². The summed E-state index contributed by atoms with van der Waals surface area (Å²) in [6, 6.07) is 9.90. The lowest BCUT2D eigenvalue weighted by Gasteiger charge is -2.11. The van der Waals surface area contributed by atoms with Gasteiger partial charge in [0.1, 0.15) is 0 Å². The van der Waals surface area contributed by atoms with Crippen molar-refractivity contribution in [3.63, 3.8) is 0 Å². The third-order valence-corrected chi connectivity index (χ3v) is 4.56. The molecule has 0 spiro atoms. The van der Waals surface area contributed by atoms with Gasteiger partial charge in [0.2, 0.25) is 5.91 Å². The van der Waals surface area contributed by atoms with Crippen LogP contribution < -0.4 is 16.0 Å². The number of hydrogen-bond acceptors (Lipinski definition) is 4. The Balaban J connectivity index is 1.68. The number of carbonyl (C=O) groups excluding carboxylic acids is 1. The fourth-order valence-electron chi connectivity index (χ4n) is 2.30. The Labute approximate surface area is 159 Å². The molecular formula is C19H27N5OS. The number of rotatable bonds is 9. The Hall–Kier alpha value is -2.41. The largest absolute Gasteiger partial charge is 0.357 e. The summed E-state index contributed by atoms with van der Waals surface area (Å²) in [4.78, 5) is 22.0. The predicted molar refractivity (Wildman–Crippen MR) is 107 cm³/mol. The van der Waals surface area contributed by atoms with Gasteiger partial charge in [0.05, 0.1) is 5.01 Å². The molecule has 0 saturated carbocycles. The molecule has 0 atom stereocenters. The lowest BCUT2D eigenvalue weighted by atomic mass is 10.2. The number of carbonyl (C=O) groups is 1. The standard InChI is InChI=1S/C19H27N5OS/c1-3-20-19(22-12-10-18-24-13-15(2)26-18)21-11-9-17(25)23-14-16-7-5-4-6-8-16/h4-8,13H,3,9-12,14H2,1-2H3,(H,23,25)(H2,20,21,22). The van der Waals surface area contributed by atoms with Crippen LogP contribution in [0.15, 0.2) is 41.5 Å². The van der Waals surface area contributed by atoms with Crippen molar-refractivity contribution in [3.8, 4) is 0 Å². The second-order valence-electron chi connectivity index (χ2n) is 5.81. The van der Waals surface area contributed by atoms with Gasteiger partial charge >= 0.3 is 0 Å². The number of guanidine groups is 1. The molecular weight excluding hydrogens is 346 g/mol. The quantitative estimate of drug-likeness (QED) is 0.465. The second-order valence-corrected chi connectivity index (χ2v) is 7.13. The van der Waals surface area contributed by atoms with Gasteiger partial charge in [-0.3, -0.25) is 9.79 Å². The smallest absolute Gasteiger partial charge is 0.222 e. The highest BCUT2D eigenvalue weighted by atomic mass is 32.1. The summed E-state index contributed by atoms with van der Waals surface area (Å²) in [7, 11) is 0. The maximum atomic E-state index is 11.9. The first-order chi connectivity index (χ1) is 12.7. The molecule has 140 valence electrons. The lowest BCUT2D eigenvalue weighted by Crippen LogP contribution is -2.39. The van der Waals surface area contributed by atoms with E-state index in [1.807, 2.05) is 43.5 Å². The minimum atomic E-state index is 0.0236. The third kappa shape index (κ3) is 7.65. The van der Waals surface area contributed by atoms with Gasteiger partial charge in [0, 0.05) is 50.1 Å². The number of aromatic nitrogens is 1. The summed E-state index contributed by atoms with van der Waals surface area (Å²) in [5.74, 6) is 0.757. The third-order valence-electron chi connectivity index (χ3n) is 3.59. The molecule has 0 unspecified atom stereocenters. The van der Waals surface area contributed by atoms with E-state index >= 15 is 0 Å². The molecule has 1 aromatic carbocycles. The van der Waals surface area contributed by atoms with Crippen LogP contribution in [0.25, 0.3) is 0 Å². The summed E-state index contributed by atoms with van der Waals surface area (Å²) >= 11 is 1.70. The number of nitrogens with one attached hydrogen (secondary N) is 3. The predicted octanol–water partition coefficient (Wildman–Crippen LogP) is 2.26. The molecule has 26 heavy (non-hydrogen) atoms. The van der Waals surface area contributed by atoms with E-state index in [9.17, 15) is 4.79 Å². The fourth-order valence-corrected chi connectivity index (χ4v) is 3.08. The number of thiazole rings is 1. The summed E-state index contributed by atoms with van der Waals surface area (Å²) < 4.78 is 0. The molecule has 0 bridgehead atoms. The van der Waals surface area contributed by atoms with E-state index in [4.69, 9.17) is 0 Å². The molecule has 0 aliphatic carbocycles. The highest BCUT2D eigenvalue weighted by molar-refractivity contribution is 7.11. The number of benzene rings is 1. The maximum Gasteiger partial charge on any atom is 0.222 e. The molecule has 0 aliphatic heterocycles. The van der Waals surface area contributed by atoms with Crippen molar-refractivity contribution >= 4 is 23.2 Å². The first kappa shape index (κ1) is 19.9. The molecule has 3 N–H and O–H groups in total. The Bertz CT molecular complexity index is 699. The Morgan fingerprint density at radius 3 is 2.69 bits per heavy atom. The van der Waals surface area contributed by atoms with Crippen LogP contribution in [-0.4, -0.2) is 36.5 Å². The van der Waals surface area contributed by atoms with E-state index in [0.717, 1.165) is 29.5 Å². The van der Waals surface area contributed by atoms with Crippen LogP contribution in [0.5, 0.6) is 0 Å². The van der Waals surface area contributed by atoms with Gasteiger partial charge in [-0.1, -0.05) is 30.3 Å². The monoisotopic (exact) mass is 373 g/mol. The van der Waals surface area contributed by atoms with Crippen LogP contribution in [0, 0.1) is 6.92 Å². The normalized spacial score (nSPS) is 11.2. The Kier molecular flexibility index (Phi) is 8.62. The average molecular weight is 374 g/mol. The highest BCUT2D eigenvalue weighted by Gasteiger charge is 2.03. The molecule has 1 aromatic heterocycles. The van der Waals surface area contributed by atoms with Crippen LogP contribution in [0.3, 0.4) is 0 Å². The van der Waals surface area contributed by atoms with Crippen molar-refractivity contribution in [3.05, 3.63) is 52.0 Å². The topological polar surface area (TPSA) is 78.4 Å². The number of amides is 1. The van der Waals surface area contributed by atoms with Crippen LogP contribution in [-0.2, 0) is 17.8 Å². The molecule has 1 amide bonds. The van der Waals surface area contributed by atoms with Gasteiger partial charge in [0.15, 0.2) is 5.96 Å². The van der Waals surface area contributed by atoms with E-state index < -0.39 is 0 Å². The van der Waals surface area contributed by atoms with E-state index in [1.165, 1.54) is 4.88 Å². The van der Waals surface area contributed by atoms with Gasteiger partial charge in [-0.15, -0.1) is 11.3 Å². The van der Waals surface area contributed by atoms with Crippen molar-refractivity contribution in [2.24, 2.45) is 4.99 Å². The molecule has 0 fully saturated rings. The molecule has 7 heteroatoms. The molecule has 6 nitrogen and oxygen atoms in total. The minimum Gasteiger partial charge on any atom is -0.357 e. The van der Waals surface area contributed by atoms with Gasteiger partial charge < -0.3 is 16.0 Å². The molecule has 2 rings (SSSR count). The molecule has 2 aromatic rings. The zero-order valence-corrected chi connectivity index (χ0v) is 16.2. The van der Waals surface area contributed by atoms with Gasteiger partial charge in [0.25, 0.3) is 0 Å². The summed E-state index contributed by atoms with van der Waals surface area (Å²) in [6.45, 7) is 6.63. The zero-order valence-electron chi connectivity index (χ0n) is 15.4. The van der Waals surface area contributed by atoms with E-state index in [2.05, 4.69) is 32.9 Å². The van der Waals surface area contributed by atoms with E-state index in [0.29, 0.717) is 26.1 Å². The minimum absolute atomic E-state index is 0.0236. The average Bonchev–Trinajstić information content (AvgIpc) is 3.06. The Morgan fingerprint density at radius 1 is 1.19 bits per heavy atom. The molecule has 0 radical (unpaired) electrons. The maximum absolute atomic E-state index is 11.9. The van der Waals surface area contributed by atoms with Crippen LogP contribution in [0.2, 0.25) is 0 Å². The molecule has 0 saturated heterocycles. The fraction of sp³-hybridized carbons (Fsp3) is 0.421. The number of aryl methyl sites for hydroxylation is 1. The van der Waals surface area contributed by atoms with Crippen molar-refractivity contribution < 1.29 is 4.79 Å². The van der Waals surface area contributed by atoms with Gasteiger partial charge in [-0.05, 0) is 19.4 Å².